The maximum absolute atomic E-state index is 5.62. The Morgan fingerprint density at radius 1 is 1.15 bits per heavy atom. The van der Waals surface area contributed by atoms with Crippen molar-refractivity contribution in [3.05, 3.63) is 41.2 Å². The number of nitrogens with zero attached hydrogens (tertiary/aromatic N) is 9. The van der Waals surface area contributed by atoms with Crippen LogP contribution < -0.4 is 0 Å². The highest BCUT2D eigenvalue weighted by molar-refractivity contribution is 5.72. The fourth-order valence-corrected chi connectivity index (χ4v) is 3.60. The summed E-state index contributed by atoms with van der Waals surface area (Å²) in [7, 11) is 2.02. The Morgan fingerprint density at radius 3 is 2.85 bits per heavy atom. The molecule has 27 heavy (non-hydrogen) atoms. The van der Waals surface area contributed by atoms with Crippen molar-refractivity contribution >= 4 is 5.65 Å². The molecule has 0 aliphatic carbocycles. The van der Waals surface area contributed by atoms with E-state index in [0.29, 0.717) is 24.8 Å². The highest BCUT2D eigenvalue weighted by Crippen LogP contribution is 2.29. The smallest absolute Gasteiger partial charge is 0.246 e. The molecule has 138 valence electrons. The van der Waals surface area contributed by atoms with Crippen molar-refractivity contribution in [2.24, 2.45) is 0 Å². The van der Waals surface area contributed by atoms with Crippen LogP contribution in [0.1, 0.15) is 35.0 Å². The number of aryl methyl sites for hydroxylation is 3. The maximum atomic E-state index is 5.62. The molecule has 0 amide bonds. The molecule has 1 unspecified atom stereocenters. The quantitative estimate of drug-likeness (QED) is 0.526. The Hall–Kier alpha value is -3.14. The second-order valence-electron chi connectivity index (χ2n) is 6.99. The lowest BCUT2D eigenvalue weighted by Crippen LogP contribution is -2.34. The molecule has 10 nitrogen and oxygen atoms in total. The van der Waals surface area contributed by atoms with Crippen molar-refractivity contribution < 1.29 is 4.52 Å². The number of aromatic nitrogens is 8. The summed E-state index contributed by atoms with van der Waals surface area (Å²) >= 11 is 0. The Labute approximate surface area is 154 Å². The van der Waals surface area contributed by atoms with Gasteiger partial charge in [0.05, 0.1) is 24.8 Å². The fourth-order valence-electron chi connectivity index (χ4n) is 3.60. The number of hydrogen-bond acceptors (Lipinski definition) is 8. The predicted molar refractivity (Wildman–Crippen MR) is 94.7 cm³/mol. The lowest BCUT2D eigenvalue weighted by atomic mass is 10.2. The minimum Gasteiger partial charge on any atom is -0.337 e. The van der Waals surface area contributed by atoms with Crippen LogP contribution in [0.3, 0.4) is 0 Å². The van der Waals surface area contributed by atoms with Gasteiger partial charge in [-0.25, -0.2) is 9.50 Å². The van der Waals surface area contributed by atoms with Crippen LogP contribution in [0, 0.1) is 20.8 Å². The van der Waals surface area contributed by atoms with Gasteiger partial charge in [0.15, 0.2) is 5.65 Å². The van der Waals surface area contributed by atoms with Crippen LogP contribution in [0.2, 0.25) is 0 Å². The summed E-state index contributed by atoms with van der Waals surface area (Å²) in [5, 5.41) is 17.0. The monoisotopic (exact) mass is 365 g/mol. The van der Waals surface area contributed by atoms with E-state index in [9.17, 15) is 0 Å². The summed E-state index contributed by atoms with van der Waals surface area (Å²) in [5.41, 5.74) is 3.42. The van der Waals surface area contributed by atoms with Crippen LogP contribution in [0.25, 0.3) is 17.0 Å². The minimum atomic E-state index is -0.0354. The lowest BCUT2D eigenvalue weighted by Gasteiger charge is -2.30. The Bertz CT molecular complexity index is 1150. The number of likely N-dealkylation sites (N-methyl/N-ethyl adjacent to an activating group) is 1. The van der Waals surface area contributed by atoms with Crippen molar-refractivity contribution in [2.45, 2.75) is 39.9 Å². The summed E-state index contributed by atoms with van der Waals surface area (Å²) < 4.78 is 9.50. The average Bonchev–Trinajstić information content (AvgIpc) is 3.33. The van der Waals surface area contributed by atoms with Gasteiger partial charge in [-0.1, -0.05) is 5.16 Å². The molecule has 5 rings (SSSR count). The largest absolute Gasteiger partial charge is 0.337 e. The third-order valence-corrected chi connectivity index (χ3v) is 5.04. The third-order valence-electron chi connectivity index (χ3n) is 5.04. The molecule has 0 N–H and O–H groups in total. The first kappa shape index (κ1) is 16.1. The molecule has 5 heterocycles. The van der Waals surface area contributed by atoms with Crippen LogP contribution in [0.15, 0.2) is 16.8 Å². The first-order valence-electron chi connectivity index (χ1n) is 8.76. The number of rotatable bonds is 2. The van der Waals surface area contributed by atoms with Gasteiger partial charge >= 0.3 is 0 Å². The number of hydrogen-bond donors (Lipinski definition) is 0. The molecule has 0 saturated carbocycles. The van der Waals surface area contributed by atoms with Crippen molar-refractivity contribution in [3.8, 4) is 11.4 Å². The zero-order valence-corrected chi connectivity index (χ0v) is 15.6. The minimum absolute atomic E-state index is 0.0354. The van der Waals surface area contributed by atoms with Crippen molar-refractivity contribution in [3.63, 3.8) is 0 Å². The molecular formula is C17H19N9O. The summed E-state index contributed by atoms with van der Waals surface area (Å²) in [4.78, 5) is 11.4. The van der Waals surface area contributed by atoms with Crippen LogP contribution in [-0.2, 0) is 13.1 Å². The average molecular weight is 365 g/mol. The Kier molecular flexibility index (Phi) is 3.38. The molecule has 0 saturated heterocycles. The second-order valence-corrected chi connectivity index (χ2v) is 6.99. The first-order valence-corrected chi connectivity index (χ1v) is 8.76. The van der Waals surface area contributed by atoms with Gasteiger partial charge in [-0.2, -0.15) is 10.1 Å². The van der Waals surface area contributed by atoms with E-state index in [0.717, 1.165) is 34.2 Å². The molecule has 1 atom stereocenters. The highest BCUT2D eigenvalue weighted by Gasteiger charge is 2.31. The molecule has 0 fully saturated rings. The molecular weight excluding hydrogens is 346 g/mol. The maximum Gasteiger partial charge on any atom is 0.246 e. The molecule has 4 aromatic rings. The zero-order chi connectivity index (χ0) is 18.7. The highest BCUT2D eigenvalue weighted by atomic mass is 16.5. The van der Waals surface area contributed by atoms with Gasteiger partial charge in [0.2, 0.25) is 11.7 Å². The Morgan fingerprint density at radius 2 is 2.00 bits per heavy atom. The molecule has 1 aliphatic rings. The molecule has 4 aromatic heterocycles. The van der Waals surface area contributed by atoms with E-state index >= 15 is 0 Å². The van der Waals surface area contributed by atoms with Crippen LogP contribution in [0.5, 0.6) is 0 Å². The number of fused-ring (bicyclic) bond motifs is 2. The molecule has 0 aromatic carbocycles. The van der Waals surface area contributed by atoms with Crippen LogP contribution >= 0.6 is 0 Å². The van der Waals surface area contributed by atoms with Crippen LogP contribution in [0.4, 0.5) is 0 Å². The van der Waals surface area contributed by atoms with Gasteiger partial charge in [0.1, 0.15) is 17.7 Å². The summed E-state index contributed by atoms with van der Waals surface area (Å²) in [5.74, 6) is 2.90. The van der Waals surface area contributed by atoms with E-state index < -0.39 is 0 Å². The van der Waals surface area contributed by atoms with Gasteiger partial charge in [-0.05, 0) is 33.9 Å². The summed E-state index contributed by atoms with van der Waals surface area (Å²) in [6.45, 7) is 7.27. The molecule has 0 bridgehead atoms. The standard InChI is InChI=1S/C17H19N9O/c1-9-5-10(2)26-16(19-9)12(6-18-26)15-20-17(27-23-15)13-7-25-11(3)21-22-14(25)8-24(13)4/h5-6,13H,7-8H2,1-4H3. The predicted octanol–water partition coefficient (Wildman–Crippen LogP) is 1.48. The molecule has 1 aliphatic heterocycles. The fraction of sp³-hybridized carbons (Fsp3) is 0.412. The van der Waals surface area contributed by atoms with Gasteiger partial charge < -0.3 is 9.09 Å². The van der Waals surface area contributed by atoms with Crippen molar-refractivity contribution in [1.82, 2.24) is 44.4 Å². The van der Waals surface area contributed by atoms with E-state index in [1.807, 2.05) is 33.9 Å². The van der Waals surface area contributed by atoms with Crippen molar-refractivity contribution in [2.75, 3.05) is 7.05 Å². The van der Waals surface area contributed by atoms with Crippen molar-refractivity contribution in [1.29, 1.82) is 0 Å². The first-order chi connectivity index (χ1) is 13.0. The van der Waals surface area contributed by atoms with Gasteiger partial charge in [-0.3, -0.25) is 4.90 Å². The molecule has 10 heteroatoms. The van der Waals surface area contributed by atoms with E-state index in [2.05, 4.69) is 39.9 Å². The molecule has 0 spiro atoms. The van der Waals surface area contributed by atoms with Gasteiger partial charge in [-0.15, -0.1) is 10.2 Å². The van der Waals surface area contributed by atoms with E-state index in [-0.39, 0.29) is 6.04 Å². The Balaban J connectivity index is 1.53. The lowest BCUT2D eigenvalue weighted by molar-refractivity contribution is 0.138. The zero-order valence-electron chi connectivity index (χ0n) is 15.6. The van der Waals surface area contributed by atoms with E-state index in [1.54, 1.807) is 10.7 Å². The van der Waals surface area contributed by atoms with E-state index in [1.165, 1.54) is 0 Å². The summed E-state index contributed by atoms with van der Waals surface area (Å²) in [6, 6.07) is 1.95. The van der Waals surface area contributed by atoms with Crippen LogP contribution in [-0.4, -0.2) is 51.5 Å². The third kappa shape index (κ3) is 2.44. The topological polar surface area (TPSA) is 103 Å². The SMILES string of the molecule is Cc1cc(C)n2ncc(-c3noc(C4Cn5c(C)nnc5CN4C)n3)c2n1. The normalized spacial score (nSPS) is 17.6. The van der Waals surface area contributed by atoms with Gasteiger partial charge in [0.25, 0.3) is 0 Å². The van der Waals surface area contributed by atoms with E-state index in [4.69, 9.17) is 4.52 Å². The second kappa shape index (κ2) is 5.68. The van der Waals surface area contributed by atoms with Gasteiger partial charge in [0, 0.05) is 11.4 Å². The summed E-state index contributed by atoms with van der Waals surface area (Å²) in [6.07, 6.45) is 1.73. The molecule has 0 radical (unpaired) electrons.